The van der Waals surface area contributed by atoms with Crippen molar-refractivity contribution in [2.75, 3.05) is 16.8 Å². The van der Waals surface area contributed by atoms with E-state index in [0.29, 0.717) is 12.4 Å². The first-order chi connectivity index (χ1) is 14.1. The molecule has 0 aliphatic heterocycles. The van der Waals surface area contributed by atoms with Gasteiger partial charge in [-0.3, -0.25) is 4.79 Å². The lowest BCUT2D eigenvalue weighted by Gasteiger charge is -2.23. The Labute approximate surface area is 174 Å². The van der Waals surface area contributed by atoms with Crippen LogP contribution in [0.4, 0.5) is 11.5 Å². The van der Waals surface area contributed by atoms with Crippen molar-refractivity contribution in [3.05, 3.63) is 83.0 Å². The molecule has 2 heterocycles. The lowest BCUT2D eigenvalue weighted by molar-refractivity contribution is -0.117. The number of benzene rings is 2. The minimum absolute atomic E-state index is 0.0172. The van der Waals surface area contributed by atoms with Crippen LogP contribution in [-0.4, -0.2) is 22.4 Å². The van der Waals surface area contributed by atoms with Crippen molar-refractivity contribution < 1.29 is 4.79 Å². The first-order valence-electron chi connectivity index (χ1n) is 9.47. The third-order valence-corrected chi connectivity index (χ3v) is 6.04. The Morgan fingerprint density at radius 3 is 2.41 bits per heavy atom. The SMILES string of the molecule is Cc1sc2ncnc(NCC(=O)N(Cc3ccccc3)c3ccccc3)c2c1C. The van der Waals surface area contributed by atoms with Gasteiger partial charge in [-0.05, 0) is 37.1 Å². The van der Waals surface area contributed by atoms with Gasteiger partial charge in [0.1, 0.15) is 17.0 Å². The summed E-state index contributed by atoms with van der Waals surface area (Å²) in [4.78, 5) is 25.9. The maximum atomic E-state index is 13.2. The van der Waals surface area contributed by atoms with Crippen molar-refractivity contribution in [2.45, 2.75) is 20.4 Å². The average molecular weight is 403 g/mol. The molecule has 0 aliphatic carbocycles. The predicted octanol–water partition coefficient (Wildman–Crippen LogP) is 4.95. The first kappa shape index (κ1) is 19.1. The zero-order chi connectivity index (χ0) is 20.2. The number of carbonyl (C=O) groups excluding carboxylic acids is 1. The number of aromatic nitrogens is 2. The molecule has 0 bridgehead atoms. The molecule has 0 atom stereocenters. The van der Waals surface area contributed by atoms with Crippen LogP contribution in [0.3, 0.4) is 0 Å². The Balaban J connectivity index is 1.57. The highest BCUT2D eigenvalue weighted by Gasteiger charge is 2.18. The molecule has 0 radical (unpaired) electrons. The smallest absolute Gasteiger partial charge is 0.246 e. The summed E-state index contributed by atoms with van der Waals surface area (Å²) in [6.45, 7) is 4.81. The Hall–Kier alpha value is -3.25. The van der Waals surface area contributed by atoms with Gasteiger partial charge >= 0.3 is 0 Å². The fraction of sp³-hybridized carbons (Fsp3) is 0.174. The topological polar surface area (TPSA) is 58.1 Å². The Kier molecular flexibility index (Phi) is 5.53. The van der Waals surface area contributed by atoms with E-state index in [0.717, 1.165) is 27.0 Å². The van der Waals surface area contributed by atoms with Crippen LogP contribution in [0, 0.1) is 13.8 Å². The van der Waals surface area contributed by atoms with E-state index in [9.17, 15) is 4.79 Å². The van der Waals surface area contributed by atoms with Gasteiger partial charge in [0.2, 0.25) is 5.91 Å². The van der Waals surface area contributed by atoms with Crippen molar-refractivity contribution >= 4 is 39.0 Å². The summed E-state index contributed by atoms with van der Waals surface area (Å²) in [5, 5.41) is 4.24. The molecule has 2 aromatic carbocycles. The van der Waals surface area contributed by atoms with E-state index >= 15 is 0 Å². The number of para-hydroxylation sites is 1. The van der Waals surface area contributed by atoms with Crippen LogP contribution in [0.5, 0.6) is 0 Å². The normalized spacial score (nSPS) is 10.8. The Morgan fingerprint density at radius 1 is 1.00 bits per heavy atom. The molecule has 146 valence electrons. The van der Waals surface area contributed by atoms with Gasteiger partial charge in [-0.15, -0.1) is 11.3 Å². The summed E-state index contributed by atoms with van der Waals surface area (Å²) in [6, 6.07) is 19.8. The van der Waals surface area contributed by atoms with Crippen LogP contribution in [0.25, 0.3) is 10.2 Å². The van der Waals surface area contributed by atoms with Crippen LogP contribution in [-0.2, 0) is 11.3 Å². The quantitative estimate of drug-likeness (QED) is 0.496. The minimum atomic E-state index is -0.0172. The molecule has 0 spiro atoms. The van der Waals surface area contributed by atoms with E-state index in [2.05, 4.69) is 29.1 Å². The number of thiophene rings is 1. The highest BCUT2D eigenvalue weighted by molar-refractivity contribution is 7.18. The van der Waals surface area contributed by atoms with Crippen molar-refractivity contribution in [1.82, 2.24) is 9.97 Å². The van der Waals surface area contributed by atoms with Gasteiger partial charge < -0.3 is 10.2 Å². The average Bonchev–Trinajstić information content (AvgIpc) is 3.06. The number of hydrogen-bond donors (Lipinski definition) is 1. The van der Waals surface area contributed by atoms with Gasteiger partial charge in [-0.2, -0.15) is 0 Å². The van der Waals surface area contributed by atoms with Crippen molar-refractivity contribution in [1.29, 1.82) is 0 Å². The highest BCUT2D eigenvalue weighted by Crippen LogP contribution is 2.32. The molecule has 0 fully saturated rings. The summed E-state index contributed by atoms with van der Waals surface area (Å²) in [7, 11) is 0. The number of anilines is 2. The van der Waals surface area contributed by atoms with Crippen LogP contribution in [0.2, 0.25) is 0 Å². The molecule has 2 aromatic heterocycles. The van der Waals surface area contributed by atoms with Crippen molar-refractivity contribution in [3.63, 3.8) is 0 Å². The molecule has 4 aromatic rings. The Morgan fingerprint density at radius 2 is 1.69 bits per heavy atom. The maximum Gasteiger partial charge on any atom is 0.246 e. The molecular weight excluding hydrogens is 380 g/mol. The number of nitrogens with zero attached hydrogens (tertiary/aromatic N) is 3. The number of aryl methyl sites for hydroxylation is 2. The molecule has 0 saturated carbocycles. The summed E-state index contributed by atoms with van der Waals surface area (Å²) in [6.07, 6.45) is 1.55. The van der Waals surface area contributed by atoms with Gasteiger partial charge in [0.15, 0.2) is 0 Å². The Bertz CT molecular complexity index is 1130. The van der Waals surface area contributed by atoms with Crippen LogP contribution in [0.1, 0.15) is 16.0 Å². The summed E-state index contributed by atoms with van der Waals surface area (Å²) < 4.78 is 0. The van der Waals surface area contributed by atoms with E-state index in [1.165, 1.54) is 4.88 Å². The number of rotatable bonds is 6. The van der Waals surface area contributed by atoms with Crippen molar-refractivity contribution in [3.8, 4) is 0 Å². The highest BCUT2D eigenvalue weighted by atomic mass is 32.1. The summed E-state index contributed by atoms with van der Waals surface area (Å²) in [5.74, 6) is 0.689. The van der Waals surface area contributed by atoms with E-state index in [1.54, 1.807) is 22.6 Å². The molecule has 1 amide bonds. The van der Waals surface area contributed by atoms with E-state index in [4.69, 9.17) is 0 Å². The lowest BCUT2D eigenvalue weighted by Crippen LogP contribution is -2.35. The molecule has 1 N–H and O–H groups in total. The number of hydrogen-bond acceptors (Lipinski definition) is 5. The molecule has 5 nitrogen and oxygen atoms in total. The number of fused-ring (bicyclic) bond motifs is 1. The zero-order valence-electron chi connectivity index (χ0n) is 16.4. The van der Waals surface area contributed by atoms with Crippen LogP contribution in [0.15, 0.2) is 67.0 Å². The second-order valence-electron chi connectivity index (χ2n) is 6.84. The van der Waals surface area contributed by atoms with Gasteiger partial charge in [0.05, 0.1) is 18.5 Å². The monoisotopic (exact) mass is 402 g/mol. The molecule has 0 aliphatic rings. The summed E-state index contributed by atoms with van der Waals surface area (Å²) >= 11 is 1.65. The number of carbonyl (C=O) groups is 1. The fourth-order valence-electron chi connectivity index (χ4n) is 3.27. The standard InChI is InChI=1S/C23H22N4OS/c1-16-17(2)29-23-21(16)22(25-15-26-23)24-13-20(28)27(19-11-7-4-8-12-19)14-18-9-5-3-6-10-18/h3-12,15H,13-14H2,1-2H3,(H,24,25,26). The van der Waals surface area contributed by atoms with Gasteiger partial charge in [0, 0.05) is 10.6 Å². The third-order valence-electron chi connectivity index (χ3n) is 4.92. The molecular formula is C23H22N4OS. The van der Waals surface area contributed by atoms with Gasteiger partial charge in [-0.25, -0.2) is 9.97 Å². The van der Waals surface area contributed by atoms with Crippen LogP contribution < -0.4 is 10.2 Å². The van der Waals surface area contributed by atoms with E-state index < -0.39 is 0 Å². The lowest BCUT2D eigenvalue weighted by atomic mass is 10.2. The van der Waals surface area contributed by atoms with E-state index in [1.807, 2.05) is 60.7 Å². The predicted molar refractivity (Wildman–Crippen MR) is 119 cm³/mol. The fourth-order valence-corrected chi connectivity index (χ4v) is 4.27. The third kappa shape index (κ3) is 4.12. The number of nitrogens with one attached hydrogen (secondary N) is 1. The molecule has 29 heavy (non-hydrogen) atoms. The minimum Gasteiger partial charge on any atom is -0.360 e. The second-order valence-corrected chi connectivity index (χ2v) is 8.04. The first-order valence-corrected chi connectivity index (χ1v) is 10.3. The molecule has 6 heteroatoms. The zero-order valence-corrected chi connectivity index (χ0v) is 17.2. The second kappa shape index (κ2) is 8.41. The van der Waals surface area contributed by atoms with Crippen molar-refractivity contribution in [2.24, 2.45) is 0 Å². The largest absolute Gasteiger partial charge is 0.360 e. The maximum absolute atomic E-state index is 13.2. The molecule has 0 saturated heterocycles. The van der Waals surface area contributed by atoms with Gasteiger partial charge in [-0.1, -0.05) is 48.5 Å². The number of amides is 1. The van der Waals surface area contributed by atoms with Crippen LogP contribution >= 0.6 is 11.3 Å². The molecule has 0 unspecified atom stereocenters. The molecule has 4 rings (SSSR count). The van der Waals surface area contributed by atoms with E-state index in [-0.39, 0.29) is 12.5 Å². The summed E-state index contributed by atoms with van der Waals surface area (Å²) in [5.41, 5.74) is 3.11. The van der Waals surface area contributed by atoms with Gasteiger partial charge in [0.25, 0.3) is 0 Å².